The number of amides is 3. The van der Waals surface area contributed by atoms with Gasteiger partial charge < -0.3 is 15.5 Å². The molecule has 2 N–H and O–H groups in total. The van der Waals surface area contributed by atoms with Crippen LogP contribution in [-0.4, -0.2) is 42.3 Å². The number of rotatable bonds is 6. The van der Waals surface area contributed by atoms with E-state index in [0.29, 0.717) is 25.1 Å². The predicted octanol–water partition coefficient (Wildman–Crippen LogP) is 0.675. The molecule has 1 aliphatic heterocycles. The molecule has 1 aliphatic rings. The number of likely N-dealkylation sites (tertiary alicyclic amines) is 1. The summed E-state index contributed by atoms with van der Waals surface area (Å²) in [6, 6.07) is 7.10. The van der Waals surface area contributed by atoms with Gasteiger partial charge >= 0.3 is 0 Å². The summed E-state index contributed by atoms with van der Waals surface area (Å²) in [5.41, 5.74) is 1.50. The van der Waals surface area contributed by atoms with Gasteiger partial charge in [-0.2, -0.15) is 0 Å². The van der Waals surface area contributed by atoms with E-state index < -0.39 is 0 Å². The lowest BCUT2D eigenvalue weighted by atomic mass is 10.1. The van der Waals surface area contributed by atoms with E-state index in [0.717, 1.165) is 18.5 Å². The molecule has 0 saturated carbocycles. The molecule has 22 heavy (non-hydrogen) atoms. The maximum Gasteiger partial charge on any atom is 0.251 e. The first-order valence-corrected chi connectivity index (χ1v) is 7.51. The third kappa shape index (κ3) is 4.31. The SMILES string of the molecule is CCNC(=O)CNC(=O)c1ccc(CN2CCCC2=O)cc1. The van der Waals surface area contributed by atoms with Crippen LogP contribution in [0.25, 0.3) is 0 Å². The first kappa shape index (κ1) is 16.0. The van der Waals surface area contributed by atoms with E-state index in [-0.39, 0.29) is 24.3 Å². The number of nitrogens with one attached hydrogen (secondary N) is 2. The Morgan fingerprint density at radius 2 is 1.91 bits per heavy atom. The highest BCUT2D eigenvalue weighted by Crippen LogP contribution is 2.14. The first-order valence-electron chi connectivity index (χ1n) is 7.51. The van der Waals surface area contributed by atoms with Gasteiger partial charge in [-0.15, -0.1) is 0 Å². The zero-order valence-electron chi connectivity index (χ0n) is 12.7. The lowest BCUT2D eigenvalue weighted by Crippen LogP contribution is -2.36. The second-order valence-electron chi connectivity index (χ2n) is 5.25. The topological polar surface area (TPSA) is 78.5 Å². The minimum Gasteiger partial charge on any atom is -0.355 e. The summed E-state index contributed by atoms with van der Waals surface area (Å²) < 4.78 is 0. The number of benzene rings is 1. The monoisotopic (exact) mass is 303 g/mol. The number of hydrogen-bond donors (Lipinski definition) is 2. The number of carbonyl (C=O) groups is 3. The van der Waals surface area contributed by atoms with Crippen LogP contribution < -0.4 is 10.6 Å². The zero-order chi connectivity index (χ0) is 15.9. The molecule has 1 saturated heterocycles. The normalized spacial score (nSPS) is 14.0. The van der Waals surface area contributed by atoms with E-state index in [1.807, 2.05) is 24.0 Å². The highest BCUT2D eigenvalue weighted by atomic mass is 16.2. The molecule has 1 heterocycles. The molecule has 0 spiro atoms. The van der Waals surface area contributed by atoms with E-state index in [1.165, 1.54) is 0 Å². The van der Waals surface area contributed by atoms with Crippen molar-refractivity contribution in [3.63, 3.8) is 0 Å². The van der Waals surface area contributed by atoms with Crippen molar-refractivity contribution in [2.75, 3.05) is 19.6 Å². The van der Waals surface area contributed by atoms with Crippen LogP contribution in [-0.2, 0) is 16.1 Å². The molecule has 1 aromatic rings. The van der Waals surface area contributed by atoms with Gasteiger partial charge in [0.2, 0.25) is 11.8 Å². The molecular weight excluding hydrogens is 282 g/mol. The molecule has 0 radical (unpaired) electrons. The van der Waals surface area contributed by atoms with E-state index in [2.05, 4.69) is 10.6 Å². The fourth-order valence-electron chi connectivity index (χ4n) is 2.38. The summed E-state index contributed by atoms with van der Waals surface area (Å²) in [5.74, 6) is -0.307. The number of carbonyl (C=O) groups excluding carboxylic acids is 3. The van der Waals surface area contributed by atoms with Gasteiger partial charge in [-0.3, -0.25) is 14.4 Å². The van der Waals surface area contributed by atoms with Crippen LogP contribution in [0.2, 0.25) is 0 Å². The maximum atomic E-state index is 11.9. The molecule has 2 rings (SSSR count). The van der Waals surface area contributed by atoms with Gasteiger partial charge in [-0.1, -0.05) is 12.1 Å². The van der Waals surface area contributed by atoms with E-state index in [1.54, 1.807) is 12.1 Å². The van der Waals surface area contributed by atoms with Crippen molar-refractivity contribution in [1.82, 2.24) is 15.5 Å². The van der Waals surface area contributed by atoms with Crippen molar-refractivity contribution in [1.29, 1.82) is 0 Å². The van der Waals surface area contributed by atoms with Crippen molar-refractivity contribution < 1.29 is 14.4 Å². The second kappa shape index (κ2) is 7.59. The van der Waals surface area contributed by atoms with Crippen molar-refractivity contribution in [3.05, 3.63) is 35.4 Å². The summed E-state index contributed by atoms with van der Waals surface area (Å²) in [4.78, 5) is 36.6. The molecule has 0 bridgehead atoms. The van der Waals surface area contributed by atoms with Crippen LogP contribution in [0.15, 0.2) is 24.3 Å². The van der Waals surface area contributed by atoms with Crippen LogP contribution >= 0.6 is 0 Å². The molecule has 118 valence electrons. The van der Waals surface area contributed by atoms with E-state index >= 15 is 0 Å². The van der Waals surface area contributed by atoms with E-state index in [4.69, 9.17) is 0 Å². The van der Waals surface area contributed by atoms with Gasteiger partial charge in [0.05, 0.1) is 6.54 Å². The van der Waals surface area contributed by atoms with E-state index in [9.17, 15) is 14.4 Å². The molecule has 6 nitrogen and oxygen atoms in total. The van der Waals surface area contributed by atoms with Gasteiger partial charge in [0.1, 0.15) is 0 Å². The van der Waals surface area contributed by atoms with Gasteiger partial charge in [0.25, 0.3) is 5.91 Å². The summed E-state index contributed by atoms with van der Waals surface area (Å²) >= 11 is 0. The van der Waals surface area contributed by atoms with Crippen molar-refractivity contribution in [3.8, 4) is 0 Å². The van der Waals surface area contributed by atoms with Crippen LogP contribution in [0.3, 0.4) is 0 Å². The molecule has 3 amide bonds. The standard InChI is InChI=1S/C16H21N3O3/c1-2-17-14(20)10-18-16(22)13-7-5-12(6-8-13)11-19-9-3-4-15(19)21/h5-8H,2-4,9-11H2,1H3,(H,17,20)(H,18,22). The Hall–Kier alpha value is -2.37. The Bertz CT molecular complexity index is 554. The van der Waals surface area contributed by atoms with Crippen molar-refractivity contribution in [2.45, 2.75) is 26.3 Å². The average Bonchev–Trinajstić information content (AvgIpc) is 2.91. The molecule has 1 fully saturated rings. The Kier molecular flexibility index (Phi) is 5.52. The predicted molar refractivity (Wildman–Crippen MR) is 82.1 cm³/mol. The quantitative estimate of drug-likeness (QED) is 0.811. The highest BCUT2D eigenvalue weighted by Gasteiger charge is 2.19. The van der Waals surface area contributed by atoms with Gasteiger partial charge in [-0.05, 0) is 31.0 Å². The van der Waals surface area contributed by atoms with Crippen molar-refractivity contribution >= 4 is 17.7 Å². The Labute approximate surface area is 129 Å². The van der Waals surface area contributed by atoms with Gasteiger partial charge in [-0.25, -0.2) is 0 Å². The number of likely N-dealkylation sites (N-methyl/N-ethyl adjacent to an activating group) is 1. The van der Waals surface area contributed by atoms with Crippen LogP contribution in [0.5, 0.6) is 0 Å². The average molecular weight is 303 g/mol. The third-order valence-electron chi connectivity index (χ3n) is 3.54. The highest BCUT2D eigenvalue weighted by molar-refractivity contribution is 5.96. The lowest BCUT2D eigenvalue weighted by molar-refractivity contribution is -0.128. The van der Waals surface area contributed by atoms with Crippen LogP contribution in [0, 0.1) is 0 Å². The molecule has 0 aromatic heterocycles. The molecule has 0 aliphatic carbocycles. The lowest BCUT2D eigenvalue weighted by Gasteiger charge is -2.15. The molecule has 0 atom stereocenters. The summed E-state index contributed by atoms with van der Waals surface area (Å²) in [7, 11) is 0. The van der Waals surface area contributed by atoms with Crippen molar-refractivity contribution in [2.24, 2.45) is 0 Å². The summed E-state index contributed by atoms with van der Waals surface area (Å²) in [6.45, 7) is 3.71. The molecule has 6 heteroatoms. The largest absolute Gasteiger partial charge is 0.355 e. The fourth-order valence-corrected chi connectivity index (χ4v) is 2.38. The Balaban J connectivity index is 1.86. The zero-order valence-corrected chi connectivity index (χ0v) is 12.7. The Morgan fingerprint density at radius 1 is 1.18 bits per heavy atom. The minimum absolute atomic E-state index is 0.0310. The Morgan fingerprint density at radius 3 is 2.50 bits per heavy atom. The van der Waals surface area contributed by atoms with Gasteiger partial charge in [0, 0.05) is 31.6 Å². The van der Waals surface area contributed by atoms with Crippen LogP contribution in [0.4, 0.5) is 0 Å². The maximum absolute atomic E-state index is 11.9. The fraction of sp³-hybridized carbons (Fsp3) is 0.438. The van der Waals surface area contributed by atoms with Gasteiger partial charge in [0.15, 0.2) is 0 Å². The molecule has 1 aromatic carbocycles. The number of nitrogens with zero attached hydrogens (tertiary/aromatic N) is 1. The summed E-state index contributed by atoms with van der Waals surface area (Å²) in [5, 5.41) is 5.18. The third-order valence-corrected chi connectivity index (χ3v) is 3.54. The smallest absolute Gasteiger partial charge is 0.251 e. The number of hydrogen-bond acceptors (Lipinski definition) is 3. The molecular formula is C16H21N3O3. The van der Waals surface area contributed by atoms with Crippen LogP contribution in [0.1, 0.15) is 35.7 Å². The summed E-state index contributed by atoms with van der Waals surface area (Å²) in [6.07, 6.45) is 1.54. The molecule has 0 unspecified atom stereocenters. The minimum atomic E-state index is -0.282. The first-order chi connectivity index (χ1) is 10.6. The second-order valence-corrected chi connectivity index (χ2v) is 5.25.